The van der Waals surface area contributed by atoms with Gasteiger partial charge >= 0.3 is 0 Å². The zero-order valence-corrected chi connectivity index (χ0v) is 9.72. The van der Waals surface area contributed by atoms with Crippen LogP contribution >= 0.6 is 11.3 Å². The lowest BCUT2D eigenvalue weighted by Crippen LogP contribution is -2.13. The molecular formula is C10H14N4OS. The summed E-state index contributed by atoms with van der Waals surface area (Å²) < 4.78 is 0. The van der Waals surface area contributed by atoms with Crippen molar-refractivity contribution in [1.82, 2.24) is 15.5 Å². The molecule has 86 valence electrons. The van der Waals surface area contributed by atoms with Gasteiger partial charge in [-0.3, -0.25) is 4.79 Å². The van der Waals surface area contributed by atoms with Crippen molar-refractivity contribution in [1.29, 1.82) is 0 Å². The summed E-state index contributed by atoms with van der Waals surface area (Å²) in [5, 5.41) is 16.0. The summed E-state index contributed by atoms with van der Waals surface area (Å²) in [6.07, 6.45) is 4.34. The van der Waals surface area contributed by atoms with E-state index in [4.69, 9.17) is 0 Å². The fourth-order valence-electron chi connectivity index (χ4n) is 1.87. The standard InChI is InChI=1S/C10H14N4OS/c15-8(6-3-4-6)12-10-14-13-9(16-10)7-2-1-5-11-7/h6-7,11H,1-5H2,(H,12,14,15). The predicted octanol–water partition coefficient (Wildman–Crippen LogP) is 1.31. The molecule has 1 atom stereocenters. The van der Waals surface area contributed by atoms with E-state index in [0.717, 1.165) is 30.8 Å². The Kier molecular flexibility index (Phi) is 2.61. The number of carbonyl (C=O) groups is 1. The van der Waals surface area contributed by atoms with Gasteiger partial charge in [-0.15, -0.1) is 10.2 Å². The molecule has 1 saturated carbocycles. The second-order valence-corrected chi connectivity index (χ2v) is 5.37. The van der Waals surface area contributed by atoms with Crippen LogP contribution < -0.4 is 10.6 Å². The third-order valence-corrected chi connectivity index (χ3v) is 3.93. The quantitative estimate of drug-likeness (QED) is 0.833. The van der Waals surface area contributed by atoms with Crippen LogP contribution in [0.2, 0.25) is 0 Å². The van der Waals surface area contributed by atoms with Gasteiger partial charge in [0.1, 0.15) is 5.01 Å². The van der Waals surface area contributed by atoms with Gasteiger partial charge in [0.05, 0.1) is 6.04 Å². The van der Waals surface area contributed by atoms with Gasteiger partial charge in [0.25, 0.3) is 0 Å². The predicted molar refractivity (Wildman–Crippen MR) is 61.2 cm³/mol. The number of anilines is 1. The molecular weight excluding hydrogens is 224 g/mol. The Morgan fingerprint density at radius 2 is 2.25 bits per heavy atom. The van der Waals surface area contributed by atoms with E-state index in [2.05, 4.69) is 20.8 Å². The monoisotopic (exact) mass is 238 g/mol. The highest BCUT2D eigenvalue weighted by atomic mass is 32.1. The third-order valence-electron chi connectivity index (χ3n) is 2.98. The lowest BCUT2D eigenvalue weighted by molar-refractivity contribution is -0.117. The van der Waals surface area contributed by atoms with Gasteiger partial charge in [0.15, 0.2) is 0 Å². The molecule has 0 radical (unpaired) electrons. The minimum absolute atomic E-state index is 0.0991. The molecule has 0 bridgehead atoms. The molecule has 2 N–H and O–H groups in total. The zero-order chi connectivity index (χ0) is 11.0. The first-order valence-corrected chi connectivity index (χ1v) is 6.52. The molecule has 3 rings (SSSR count). The molecule has 1 aliphatic carbocycles. The molecule has 2 heterocycles. The Balaban J connectivity index is 1.64. The zero-order valence-electron chi connectivity index (χ0n) is 8.90. The molecule has 1 saturated heterocycles. The van der Waals surface area contributed by atoms with E-state index in [-0.39, 0.29) is 11.8 Å². The first-order valence-electron chi connectivity index (χ1n) is 5.70. The maximum Gasteiger partial charge on any atom is 0.229 e. The van der Waals surface area contributed by atoms with E-state index in [1.165, 1.54) is 17.8 Å². The third kappa shape index (κ3) is 2.08. The number of amides is 1. The smallest absolute Gasteiger partial charge is 0.229 e. The molecule has 6 heteroatoms. The van der Waals surface area contributed by atoms with Crippen LogP contribution in [-0.2, 0) is 4.79 Å². The van der Waals surface area contributed by atoms with Crippen molar-refractivity contribution in [2.45, 2.75) is 31.7 Å². The van der Waals surface area contributed by atoms with Crippen LogP contribution in [0.15, 0.2) is 0 Å². The van der Waals surface area contributed by atoms with Gasteiger partial charge in [-0.2, -0.15) is 0 Å². The molecule has 5 nitrogen and oxygen atoms in total. The highest BCUT2D eigenvalue weighted by molar-refractivity contribution is 7.15. The highest BCUT2D eigenvalue weighted by Gasteiger charge is 2.30. The Morgan fingerprint density at radius 1 is 1.38 bits per heavy atom. The van der Waals surface area contributed by atoms with Crippen molar-refractivity contribution in [2.24, 2.45) is 5.92 Å². The maximum absolute atomic E-state index is 11.5. The molecule has 0 aromatic carbocycles. The fourth-order valence-corrected chi connectivity index (χ4v) is 2.73. The number of hydrogen-bond acceptors (Lipinski definition) is 5. The van der Waals surface area contributed by atoms with Gasteiger partial charge in [0.2, 0.25) is 11.0 Å². The number of nitrogens with one attached hydrogen (secondary N) is 2. The number of hydrogen-bond donors (Lipinski definition) is 2. The van der Waals surface area contributed by atoms with Gasteiger partial charge < -0.3 is 10.6 Å². The van der Waals surface area contributed by atoms with Crippen LogP contribution in [-0.4, -0.2) is 22.6 Å². The normalized spacial score (nSPS) is 24.6. The molecule has 0 spiro atoms. The van der Waals surface area contributed by atoms with Crippen molar-refractivity contribution in [3.05, 3.63) is 5.01 Å². The topological polar surface area (TPSA) is 66.9 Å². The Labute approximate surface area is 97.6 Å². The second-order valence-electron chi connectivity index (χ2n) is 4.36. The second kappa shape index (κ2) is 4.10. The number of carbonyl (C=O) groups excluding carboxylic acids is 1. The average Bonchev–Trinajstić information content (AvgIpc) is 2.80. The van der Waals surface area contributed by atoms with Gasteiger partial charge in [-0.05, 0) is 32.2 Å². The van der Waals surface area contributed by atoms with Gasteiger partial charge in [-0.25, -0.2) is 0 Å². The molecule has 2 aliphatic rings. The summed E-state index contributed by atoms with van der Waals surface area (Å²) >= 11 is 1.49. The van der Waals surface area contributed by atoms with Crippen LogP contribution in [0.1, 0.15) is 36.7 Å². The molecule has 2 fully saturated rings. The first-order chi connectivity index (χ1) is 7.83. The van der Waals surface area contributed by atoms with Crippen LogP contribution in [0.4, 0.5) is 5.13 Å². The van der Waals surface area contributed by atoms with Crippen molar-refractivity contribution < 1.29 is 4.79 Å². The molecule has 16 heavy (non-hydrogen) atoms. The largest absolute Gasteiger partial charge is 0.308 e. The minimum Gasteiger partial charge on any atom is -0.308 e. The minimum atomic E-state index is 0.0991. The van der Waals surface area contributed by atoms with E-state index in [1.807, 2.05) is 0 Å². The highest BCUT2D eigenvalue weighted by Crippen LogP contribution is 2.32. The Hall–Kier alpha value is -1.01. The maximum atomic E-state index is 11.5. The van der Waals surface area contributed by atoms with E-state index < -0.39 is 0 Å². The van der Waals surface area contributed by atoms with E-state index >= 15 is 0 Å². The summed E-state index contributed by atoms with van der Waals surface area (Å²) in [5.74, 6) is 0.319. The molecule has 1 amide bonds. The lowest BCUT2D eigenvalue weighted by atomic mass is 10.2. The first kappa shape index (κ1) is 10.2. The summed E-state index contributed by atoms with van der Waals surface area (Å²) in [6, 6.07) is 0.337. The lowest BCUT2D eigenvalue weighted by Gasteiger charge is -2.02. The van der Waals surface area contributed by atoms with Gasteiger partial charge in [0, 0.05) is 5.92 Å². The van der Waals surface area contributed by atoms with Crippen molar-refractivity contribution in [2.75, 3.05) is 11.9 Å². The van der Waals surface area contributed by atoms with Crippen LogP contribution in [0.25, 0.3) is 0 Å². The fraction of sp³-hybridized carbons (Fsp3) is 0.700. The summed E-state index contributed by atoms with van der Waals surface area (Å²) in [4.78, 5) is 11.5. The van der Waals surface area contributed by atoms with Crippen molar-refractivity contribution >= 4 is 22.4 Å². The number of aromatic nitrogens is 2. The Bertz CT molecular complexity index is 395. The van der Waals surface area contributed by atoms with E-state index in [1.54, 1.807) is 0 Å². The molecule has 1 aromatic heterocycles. The number of rotatable bonds is 3. The van der Waals surface area contributed by atoms with Crippen molar-refractivity contribution in [3.8, 4) is 0 Å². The average molecular weight is 238 g/mol. The van der Waals surface area contributed by atoms with Crippen LogP contribution in [0, 0.1) is 5.92 Å². The summed E-state index contributed by atoms with van der Waals surface area (Å²) in [6.45, 7) is 1.05. The van der Waals surface area contributed by atoms with E-state index in [9.17, 15) is 4.79 Å². The molecule has 1 aromatic rings. The Morgan fingerprint density at radius 3 is 2.94 bits per heavy atom. The molecule has 1 unspecified atom stereocenters. The summed E-state index contributed by atoms with van der Waals surface area (Å²) in [5.41, 5.74) is 0. The van der Waals surface area contributed by atoms with Crippen LogP contribution in [0.3, 0.4) is 0 Å². The van der Waals surface area contributed by atoms with Crippen molar-refractivity contribution in [3.63, 3.8) is 0 Å². The van der Waals surface area contributed by atoms with Gasteiger partial charge in [-0.1, -0.05) is 11.3 Å². The SMILES string of the molecule is O=C(Nc1nnc(C2CCCN2)s1)C1CC1. The van der Waals surface area contributed by atoms with Crippen LogP contribution in [0.5, 0.6) is 0 Å². The van der Waals surface area contributed by atoms with E-state index in [0.29, 0.717) is 11.2 Å². The molecule has 1 aliphatic heterocycles. The summed E-state index contributed by atoms with van der Waals surface area (Å²) in [7, 11) is 0. The number of nitrogens with zero attached hydrogens (tertiary/aromatic N) is 2.